The lowest BCUT2D eigenvalue weighted by molar-refractivity contribution is -0.173. The molecule has 1 aliphatic rings. The molecule has 1 aromatic heterocycles. The van der Waals surface area contributed by atoms with E-state index in [1.54, 1.807) is 36.4 Å². The van der Waals surface area contributed by atoms with Crippen molar-refractivity contribution in [3.05, 3.63) is 64.3 Å². The van der Waals surface area contributed by atoms with Gasteiger partial charge in [-0.05, 0) is 42.3 Å². The van der Waals surface area contributed by atoms with Gasteiger partial charge < -0.3 is 20.1 Å². The second-order valence-corrected chi connectivity index (χ2v) is 8.29. The Morgan fingerprint density at radius 3 is 2.53 bits per heavy atom. The number of halogens is 4. The Labute approximate surface area is 198 Å². The zero-order chi connectivity index (χ0) is 24.6. The second-order valence-electron chi connectivity index (χ2n) is 7.88. The van der Waals surface area contributed by atoms with Crippen molar-refractivity contribution in [3.63, 3.8) is 0 Å². The van der Waals surface area contributed by atoms with E-state index in [9.17, 15) is 18.0 Å². The van der Waals surface area contributed by atoms with E-state index in [-0.39, 0.29) is 17.9 Å². The summed E-state index contributed by atoms with van der Waals surface area (Å²) in [5.74, 6) is 0.309. The molecule has 2 atom stereocenters. The number of hydrogen-bond acceptors (Lipinski definition) is 5. The average Bonchev–Trinajstić information content (AvgIpc) is 3.24. The van der Waals surface area contributed by atoms with Gasteiger partial charge in [0.2, 0.25) is 0 Å². The number of amides is 1. The van der Waals surface area contributed by atoms with Gasteiger partial charge in [-0.3, -0.25) is 4.79 Å². The predicted molar refractivity (Wildman–Crippen MR) is 122 cm³/mol. The molecule has 7 nitrogen and oxygen atoms in total. The van der Waals surface area contributed by atoms with Crippen LogP contribution in [-0.4, -0.2) is 36.1 Å². The molecule has 0 unspecified atom stereocenters. The molecular formula is C23H22ClF3N4O3. The first-order valence-electron chi connectivity index (χ1n) is 10.3. The lowest BCUT2D eigenvalue weighted by Crippen LogP contribution is -2.35. The number of nitrogens with one attached hydrogen (secondary N) is 2. The zero-order valence-corrected chi connectivity index (χ0v) is 19.3. The molecule has 2 N–H and O–H groups in total. The number of benzene rings is 2. The minimum Gasteiger partial charge on any atom is -0.493 e. The second kappa shape index (κ2) is 9.09. The molecule has 0 saturated carbocycles. The van der Waals surface area contributed by atoms with Crippen molar-refractivity contribution in [1.82, 2.24) is 9.78 Å². The van der Waals surface area contributed by atoms with Crippen molar-refractivity contribution in [2.75, 3.05) is 24.9 Å². The van der Waals surface area contributed by atoms with Crippen molar-refractivity contribution in [1.29, 1.82) is 0 Å². The van der Waals surface area contributed by atoms with Crippen LogP contribution in [0.3, 0.4) is 0 Å². The van der Waals surface area contributed by atoms with Crippen LogP contribution in [0.15, 0.2) is 42.5 Å². The number of hydrogen-bond donors (Lipinski definition) is 2. The molecule has 0 fully saturated rings. The van der Waals surface area contributed by atoms with E-state index in [0.29, 0.717) is 27.8 Å². The fraction of sp³-hybridized carbons (Fsp3) is 0.304. The number of alkyl halides is 3. The molecule has 0 spiro atoms. The quantitative estimate of drug-likeness (QED) is 0.470. The molecule has 0 saturated heterocycles. The van der Waals surface area contributed by atoms with Gasteiger partial charge in [-0.2, -0.15) is 18.3 Å². The van der Waals surface area contributed by atoms with Crippen molar-refractivity contribution >= 4 is 29.0 Å². The molecule has 0 bridgehead atoms. The maximum absolute atomic E-state index is 14.0. The van der Waals surface area contributed by atoms with Crippen molar-refractivity contribution in [2.45, 2.75) is 31.6 Å². The first-order chi connectivity index (χ1) is 16.1. The third-order valence-corrected chi connectivity index (χ3v) is 6.07. The number of carbonyl (C=O) groups is 1. The van der Waals surface area contributed by atoms with Crippen LogP contribution in [0.2, 0.25) is 5.02 Å². The number of ether oxygens (including phenoxy) is 2. The number of carbonyl (C=O) groups excluding carboxylic acids is 1. The first-order valence-corrected chi connectivity index (χ1v) is 10.7. The normalized spacial score (nSPS) is 17.5. The zero-order valence-electron chi connectivity index (χ0n) is 18.5. The van der Waals surface area contributed by atoms with Gasteiger partial charge in [0.25, 0.3) is 5.91 Å². The minimum atomic E-state index is -4.57. The average molecular weight is 495 g/mol. The van der Waals surface area contributed by atoms with Gasteiger partial charge in [0.1, 0.15) is 5.82 Å². The van der Waals surface area contributed by atoms with E-state index in [2.05, 4.69) is 15.7 Å². The molecule has 4 rings (SSSR count). The van der Waals surface area contributed by atoms with Gasteiger partial charge in [-0.25, -0.2) is 4.68 Å². The Balaban J connectivity index is 1.64. The van der Waals surface area contributed by atoms with E-state index < -0.39 is 24.2 Å². The van der Waals surface area contributed by atoms with Crippen LogP contribution >= 0.6 is 11.6 Å². The molecule has 0 aliphatic carbocycles. The Hall–Kier alpha value is -3.40. The van der Waals surface area contributed by atoms with Gasteiger partial charge in [0.05, 0.1) is 20.3 Å². The van der Waals surface area contributed by atoms with Crippen LogP contribution in [-0.2, 0) is 0 Å². The first kappa shape index (κ1) is 23.7. The summed E-state index contributed by atoms with van der Waals surface area (Å²) in [6.45, 7) is 1.81. The van der Waals surface area contributed by atoms with Gasteiger partial charge in [0.15, 0.2) is 23.2 Å². The van der Waals surface area contributed by atoms with Gasteiger partial charge >= 0.3 is 6.18 Å². The number of rotatable bonds is 5. The predicted octanol–water partition coefficient (Wildman–Crippen LogP) is 5.77. The van der Waals surface area contributed by atoms with E-state index >= 15 is 0 Å². The SMILES string of the molecule is COc1ccc([C@@H]2C[C@H](C(F)(F)F)n3nc(C(=O)Nc4ccc(C)c(Cl)c4)cc3N2)cc1OC. The fourth-order valence-electron chi connectivity index (χ4n) is 3.84. The van der Waals surface area contributed by atoms with Crippen molar-refractivity contribution in [3.8, 4) is 11.5 Å². The number of methoxy groups -OCH3 is 2. The highest BCUT2D eigenvalue weighted by Crippen LogP contribution is 2.44. The number of aryl methyl sites for hydroxylation is 1. The van der Waals surface area contributed by atoms with Gasteiger partial charge in [-0.1, -0.05) is 23.7 Å². The Morgan fingerprint density at radius 2 is 1.88 bits per heavy atom. The van der Waals surface area contributed by atoms with Gasteiger partial charge in [-0.15, -0.1) is 0 Å². The topological polar surface area (TPSA) is 77.4 Å². The van der Waals surface area contributed by atoms with Crippen LogP contribution in [0, 0.1) is 6.92 Å². The summed E-state index contributed by atoms with van der Waals surface area (Å²) in [5, 5.41) is 10.1. The molecule has 0 radical (unpaired) electrons. The lowest BCUT2D eigenvalue weighted by Gasteiger charge is -2.33. The molecular weight excluding hydrogens is 473 g/mol. The third kappa shape index (κ3) is 4.63. The standard InChI is InChI=1S/C23H22ClF3N4O3/c1-12-4-6-14(9-15(12)24)28-22(32)17-11-21-29-16(10-20(23(25,26)27)31(21)30-17)13-5-7-18(33-2)19(8-13)34-3/h4-9,11,16,20,29H,10H2,1-3H3,(H,28,32)/t16-,20+/m0/s1. The van der Waals surface area contributed by atoms with Crippen LogP contribution < -0.4 is 20.1 Å². The van der Waals surface area contributed by atoms with E-state index in [1.165, 1.54) is 20.3 Å². The molecule has 1 amide bonds. The summed E-state index contributed by atoms with van der Waals surface area (Å²) in [6, 6.07) is 8.57. The van der Waals surface area contributed by atoms with E-state index in [4.69, 9.17) is 21.1 Å². The van der Waals surface area contributed by atoms with Crippen LogP contribution in [0.4, 0.5) is 24.7 Å². The number of anilines is 2. The number of nitrogens with zero attached hydrogens (tertiary/aromatic N) is 2. The van der Waals surface area contributed by atoms with E-state index in [1.807, 2.05) is 6.92 Å². The van der Waals surface area contributed by atoms with Crippen LogP contribution in [0.1, 0.15) is 40.1 Å². The molecule has 2 aromatic carbocycles. The Kier molecular flexibility index (Phi) is 6.35. The molecule has 3 aromatic rings. The summed E-state index contributed by atoms with van der Waals surface area (Å²) in [7, 11) is 2.93. The molecule has 2 heterocycles. The molecule has 11 heteroatoms. The Morgan fingerprint density at radius 1 is 1.15 bits per heavy atom. The summed E-state index contributed by atoms with van der Waals surface area (Å²) in [6.07, 6.45) is -4.89. The number of aromatic nitrogens is 2. The largest absolute Gasteiger partial charge is 0.493 e. The highest BCUT2D eigenvalue weighted by atomic mass is 35.5. The lowest BCUT2D eigenvalue weighted by atomic mass is 9.96. The third-order valence-electron chi connectivity index (χ3n) is 5.66. The smallest absolute Gasteiger partial charge is 0.410 e. The molecule has 180 valence electrons. The van der Waals surface area contributed by atoms with Crippen molar-refractivity contribution < 1.29 is 27.4 Å². The van der Waals surface area contributed by atoms with Gasteiger partial charge in [0, 0.05) is 23.2 Å². The highest BCUT2D eigenvalue weighted by Gasteiger charge is 2.47. The summed E-state index contributed by atoms with van der Waals surface area (Å²) in [4.78, 5) is 12.7. The Bertz CT molecular complexity index is 1230. The molecule has 34 heavy (non-hydrogen) atoms. The monoisotopic (exact) mass is 494 g/mol. The van der Waals surface area contributed by atoms with Crippen molar-refractivity contribution in [2.24, 2.45) is 0 Å². The van der Waals surface area contributed by atoms with Crippen LogP contribution in [0.5, 0.6) is 11.5 Å². The number of fused-ring (bicyclic) bond motifs is 1. The summed E-state index contributed by atoms with van der Waals surface area (Å²) in [5.41, 5.74) is 1.67. The van der Waals surface area contributed by atoms with E-state index in [0.717, 1.165) is 10.2 Å². The minimum absolute atomic E-state index is 0.0837. The molecule has 1 aliphatic heterocycles. The highest BCUT2D eigenvalue weighted by molar-refractivity contribution is 6.31. The summed E-state index contributed by atoms with van der Waals surface area (Å²) < 4.78 is 53.2. The fourth-order valence-corrected chi connectivity index (χ4v) is 4.02. The maximum atomic E-state index is 14.0. The summed E-state index contributed by atoms with van der Waals surface area (Å²) >= 11 is 6.09. The maximum Gasteiger partial charge on any atom is 0.410 e. The van der Waals surface area contributed by atoms with Crippen LogP contribution in [0.25, 0.3) is 0 Å².